The van der Waals surface area contributed by atoms with Gasteiger partial charge in [-0.2, -0.15) is 0 Å². The van der Waals surface area contributed by atoms with E-state index < -0.39 is 0 Å². The van der Waals surface area contributed by atoms with Gasteiger partial charge in [0, 0.05) is 9.90 Å². The topological polar surface area (TPSA) is 17.8 Å². The predicted octanol–water partition coefficient (Wildman–Crippen LogP) is 5.88. The third-order valence-corrected chi connectivity index (χ3v) is 5.04. The zero-order valence-electron chi connectivity index (χ0n) is 11.7. The molecule has 2 heterocycles. The van der Waals surface area contributed by atoms with Crippen LogP contribution in [0.4, 0.5) is 0 Å². The maximum Gasteiger partial charge on any atom is 0.125 e. The number of hydrogen-bond donors (Lipinski definition) is 0. The number of nitrogens with zero attached hydrogens (tertiary/aromatic N) is 2. The van der Waals surface area contributed by atoms with E-state index >= 15 is 0 Å². The first-order valence-corrected chi connectivity index (χ1v) is 8.79. The molecule has 0 N–H and O–H groups in total. The van der Waals surface area contributed by atoms with E-state index in [0.29, 0.717) is 10.9 Å². The Morgan fingerprint density at radius 1 is 1.33 bits per heavy atom. The monoisotopic (exact) mass is 338 g/mol. The van der Waals surface area contributed by atoms with Gasteiger partial charge >= 0.3 is 0 Å². The van der Waals surface area contributed by atoms with Gasteiger partial charge in [0.15, 0.2) is 0 Å². The highest BCUT2D eigenvalue weighted by atomic mass is 35.5. The second-order valence-electron chi connectivity index (χ2n) is 4.98. The number of hydrogen-bond acceptors (Lipinski definition) is 2. The van der Waals surface area contributed by atoms with Crippen molar-refractivity contribution in [2.24, 2.45) is 0 Å². The Bertz CT molecular complexity index is 734. The summed E-state index contributed by atoms with van der Waals surface area (Å²) in [7, 11) is 0. The average Bonchev–Trinajstić information content (AvgIpc) is 3.11. The molecule has 1 atom stereocenters. The second-order valence-corrected chi connectivity index (χ2v) is 6.67. The van der Waals surface area contributed by atoms with Crippen molar-refractivity contribution in [2.45, 2.75) is 31.7 Å². The second kappa shape index (κ2) is 6.39. The molecule has 1 unspecified atom stereocenters. The van der Waals surface area contributed by atoms with Gasteiger partial charge < -0.3 is 4.57 Å². The molecule has 21 heavy (non-hydrogen) atoms. The fraction of sp³-hybridized carbons (Fsp3) is 0.312. The highest BCUT2D eigenvalue weighted by molar-refractivity contribution is 7.10. The minimum atomic E-state index is 0.287. The Morgan fingerprint density at radius 3 is 2.86 bits per heavy atom. The van der Waals surface area contributed by atoms with Crippen LogP contribution < -0.4 is 0 Å². The van der Waals surface area contributed by atoms with Crippen molar-refractivity contribution in [3.8, 4) is 0 Å². The fourth-order valence-corrected chi connectivity index (χ4v) is 3.92. The van der Waals surface area contributed by atoms with Crippen LogP contribution in [0, 0.1) is 0 Å². The normalized spacial score (nSPS) is 12.9. The lowest BCUT2D eigenvalue weighted by Crippen LogP contribution is -2.12. The first kappa shape index (κ1) is 14.9. The maximum atomic E-state index is 6.14. The number of halogens is 2. The highest BCUT2D eigenvalue weighted by Crippen LogP contribution is 2.33. The molecule has 3 aromatic rings. The van der Waals surface area contributed by atoms with Crippen molar-refractivity contribution in [1.82, 2.24) is 9.55 Å². The summed E-state index contributed by atoms with van der Waals surface area (Å²) < 4.78 is 2.27. The molecule has 0 aliphatic carbocycles. The number of aromatic nitrogens is 2. The summed E-state index contributed by atoms with van der Waals surface area (Å²) in [5, 5.41) is 2.82. The van der Waals surface area contributed by atoms with Crippen LogP contribution in [0.1, 0.15) is 36.5 Å². The first-order chi connectivity index (χ1) is 10.2. The number of rotatable bonds is 5. The summed E-state index contributed by atoms with van der Waals surface area (Å²) >= 11 is 14.0. The van der Waals surface area contributed by atoms with Crippen molar-refractivity contribution >= 4 is 45.6 Å². The Morgan fingerprint density at radius 2 is 2.19 bits per heavy atom. The van der Waals surface area contributed by atoms with Crippen molar-refractivity contribution in [1.29, 1.82) is 0 Å². The summed E-state index contributed by atoms with van der Waals surface area (Å²) in [5.41, 5.74) is 2.01. The van der Waals surface area contributed by atoms with E-state index in [9.17, 15) is 0 Å². The van der Waals surface area contributed by atoms with E-state index in [2.05, 4.69) is 34.0 Å². The molecular formula is C16H16Cl2N2S. The molecule has 0 saturated heterocycles. The summed E-state index contributed by atoms with van der Waals surface area (Å²) in [6.45, 7) is 2.21. The van der Waals surface area contributed by atoms with Gasteiger partial charge in [-0.1, -0.05) is 31.0 Å². The zero-order valence-corrected chi connectivity index (χ0v) is 14.0. The van der Waals surface area contributed by atoms with Crippen molar-refractivity contribution in [3.05, 3.63) is 51.4 Å². The smallest absolute Gasteiger partial charge is 0.125 e. The fourth-order valence-electron chi connectivity index (χ4n) is 2.72. The van der Waals surface area contributed by atoms with Crippen LogP contribution in [0.3, 0.4) is 0 Å². The summed E-state index contributed by atoms with van der Waals surface area (Å²) in [6, 6.07) is 10.4. The van der Waals surface area contributed by atoms with Crippen LogP contribution in [0.25, 0.3) is 11.0 Å². The van der Waals surface area contributed by atoms with Gasteiger partial charge in [0.1, 0.15) is 5.82 Å². The molecule has 0 aliphatic rings. The Labute approximate surface area is 138 Å². The molecule has 0 radical (unpaired) electrons. The largest absolute Gasteiger partial charge is 0.319 e. The van der Waals surface area contributed by atoms with Crippen molar-refractivity contribution < 1.29 is 0 Å². The highest BCUT2D eigenvalue weighted by Gasteiger charge is 2.20. The Hall–Kier alpha value is -1.03. The lowest BCUT2D eigenvalue weighted by atomic mass is 10.1. The van der Waals surface area contributed by atoms with E-state index in [1.54, 1.807) is 11.3 Å². The molecule has 110 valence electrons. The molecular weight excluding hydrogens is 323 g/mol. The van der Waals surface area contributed by atoms with E-state index in [0.717, 1.165) is 29.7 Å². The van der Waals surface area contributed by atoms with Gasteiger partial charge in [-0.3, -0.25) is 0 Å². The summed E-state index contributed by atoms with van der Waals surface area (Å²) in [4.78, 5) is 6.00. The third-order valence-electron chi connectivity index (χ3n) is 3.59. The molecule has 0 aliphatic heterocycles. The van der Waals surface area contributed by atoms with Gasteiger partial charge in [0.05, 0.1) is 23.0 Å². The third kappa shape index (κ3) is 2.83. The Kier molecular flexibility index (Phi) is 4.53. The van der Waals surface area contributed by atoms with Crippen LogP contribution in [-0.4, -0.2) is 9.55 Å². The van der Waals surface area contributed by atoms with Crippen LogP contribution in [-0.2, 0) is 5.88 Å². The van der Waals surface area contributed by atoms with Crippen LogP contribution >= 0.6 is 34.5 Å². The molecule has 0 bridgehead atoms. The predicted molar refractivity (Wildman–Crippen MR) is 91.7 cm³/mol. The maximum absolute atomic E-state index is 6.14. The van der Waals surface area contributed by atoms with E-state index in [4.69, 9.17) is 23.2 Å². The van der Waals surface area contributed by atoms with E-state index in [1.165, 1.54) is 4.88 Å². The Balaban J connectivity index is 2.20. The number of imidazole rings is 1. The van der Waals surface area contributed by atoms with Crippen molar-refractivity contribution in [3.63, 3.8) is 0 Å². The number of thiophene rings is 1. The molecule has 1 aromatic carbocycles. The molecule has 0 spiro atoms. The van der Waals surface area contributed by atoms with Gasteiger partial charge in [-0.25, -0.2) is 4.98 Å². The van der Waals surface area contributed by atoms with Gasteiger partial charge in [-0.05, 0) is 36.1 Å². The average molecular weight is 339 g/mol. The number of alkyl halides is 1. The van der Waals surface area contributed by atoms with Gasteiger partial charge in [0.2, 0.25) is 0 Å². The van der Waals surface area contributed by atoms with Crippen LogP contribution in [0.2, 0.25) is 5.02 Å². The standard InChI is InChI=1S/C16H16Cl2N2S/c1-2-4-14(15-5-3-8-21-15)20-13-7-6-11(18)9-12(13)19-16(20)10-17/h3,5-9,14H,2,4,10H2,1H3. The molecule has 5 heteroatoms. The van der Waals surface area contributed by atoms with Crippen LogP contribution in [0.5, 0.6) is 0 Å². The minimum absolute atomic E-state index is 0.287. The molecule has 3 rings (SSSR count). The number of fused-ring (bicyclic) bond motifs is 1. The van der Waals surface area contributed by atoms with Crippen molar-refractivity contribution in [2.75, 3.05) is 0 Å². The first-order valence-electron chi connectivity index (χ1n) is 7.00. The van der Waals surface area contributed by atoms with Crippen LogP contribution in [0.15, 0.2) is 35.7 Å². The molecule has 0 amide bonds. The lowest BCUT2D eigenvalue weighted by molar-refractivity contribution is 0.540. The van der Waals surface area contributed by atoms with Gasteiger partial charge in [-0.15, -0.1) is 22.9 Å². The number of benzene rings is 1. The van der Waals surface area contributed by atoms with E-state index in [1.807, 2.05) is 18.2 Å². The SMILES string of the molecule is CCCC(c1cccs1)n1c(CCl)nc2cc(Cl)ccc21. The summed E-state index contributed by atoms with van der Waals surface area (Å²) in [6.07, 6.45) is 2.18. The zero-order chi connectivity index (χ0) is 14.8. The molecule has 2 aromatic heterocycles. The molecule has 0 saturated carbocycles. The molecule has 0 fully saturated rings. The lowest BCUT2D eigenvalue weighted by Gasteiger charge is -2.20. The minimum Gasteiger partial charge on any atom is -0.319 e. The quantitative estimate of drug-likeness (QED) is 0.531. The molecule has 2 nitrogen and oxygen atoms in total. The summed E-state index contributed by atoms with van der Waals surface area (Å²) in [5.74, 6) is 1.30. The van der Waals surface area contributed by atoms with Gasteiger partial charge in [0.25, 0.3) is 0 Å². The van der Waals surface area contributed by atoms with E-state index in [-0.39, 0.29) is 6.04 Å².